The zero-order valence-electron chi connectivity index (χ0n) is 24.9. The third kappa shape index (κ3) is 5.54. The lowest BCUT2D eigenvalue weighted by Gasteiger charge is -2.46. The molecular weight excluding hydrogens is 568 g/mol. The van der Waals surface area contributed by atoms with Gasteiger partial charge in [0.15, 0.2) is 5.60 Å². The number of halogens is 1. The number of hydrogen-bond acceptors (Lipinski definition) is 6. The molecule has 1 unspecified atom stereocenters. The predicted molar refractivity (Wildman–Crippen MR) is 165 cm³/mol. The van der Waals surface area contributed by atoms with E-state index in [4.69, 9.17) is 21.1 Å². The van der Waals surface area contributed by atoms with Crippen LogP contribution in [0.3, 0.4) is 0 Å². The molecule has 1 amide bonds. The van der Waals surface area contributed by atoms with Crippen molar-refractivity contribution in [3.05, 3.63) is 70.3 Å². The second kappa shape index (κ2) is 11.8. The molecule has 0 radical (unpaired) electrons. The van der Waals surface area contributed by atoms with Crippen molar-refractivity contribution < 1.29 is 29.3 Å². The number of benzene rings is 2. The van der Waals surface area contributed by atoms with E-state index in [1.165, 1.54) is 16.0 Å². The minimum atomic E-state index is -2.38. The first-order valence-electron chi connectivity index (χ1n) is 15.3. The highest BCUT2D eigenvalue weighted by molar-refractivity contribution is 6.30. The number of rotatable bonds is 2. The topological polar surface area (TPSA) is 99.5 Å². The summed E-state index contributed by atoms with van der Waals surface area (Å²) in [5, 5.41) is 22.5. The summed E-state index contributed by atoms with van der Waals surface area (Å²) in [6.45, 7) is 2.32. The van der Waals surface area contributed by atoms with Crippen LogP contribution in [0.1, 0.15) is 55.2 Å². The summed E-state index contributed by atoms with van der Waals surface area (Å²) in [5.41, 5.74) is 0.766. The van der Waals surface area contributed by atoms with Crippen LogP contribution in [0, 0.1) is 11.8 Å². The molecule has 230 valence electrons. The Bertz CT molecular complexity index is 1430. The van der Waals surface area contributed by atoms with Gasteiger partial charge in [0.25, 0.3) is 0 Å². The largest absolute Gasteiger partial charge is 0.490 e. The molecule has 9 heteroatoms. The molecule has 2 aromatic carbocycles. The number of hydrogen-bond donors (Lipinski definition) is 2. The molecule has 1 spiro atoms. The van der Waals surface area contributed by atoms with Gasteiger partial charge in [0, 0.05) is 44.2 Å². The Hall–Kier alpha value is -3.07. The number of carboxylic acid groups (broad SMARTS) is 1. The molecule has 6 rings (SSSR count). The van der Waals surface area contributed by atoms with E-state index < -0.39 is 23.9 Å². The predicted octanol–water partition coefficient (Wildman–Crippen LogP) is 4.93. The van der Waals surface area contributed by atoms with Crippen molar-refractivity contribution in [1.29, 1.82) is 0 Å². The number of carbonyl (C=O) groups excluding carboxylic acids is 1. The highest BCUT2D eigenvalue weighted by Gasteiger charge is 2.46. The fourth-order valence-electron chi connectivity index (χ4n) is 7.58. The summed E-state index contributed by atoms with van der Waals surface area (Å²) in [6.07, 6.45) is 9.25. The van der Waals surface area contributed by atoms with Gasteiger partial charge in [0.05, 0.1) is 24.8 Å². The zero-order chi connectivity index (χ0) is 30.4. The smallest absolute Gasteiger partial charge is 0.340 e. The summed E-state index contributed by atoms with van der Waals surface area (Å²) in [6, 6.07) is 11.2. The zero-order valence-corrected chi connectivity index (χ0v) is 25.7. The fourth-order valence-corrected chi connectivity index (χ4v) is 7.78. The molecule has 2 bridgehead atoms. The minimum Gasteiger partial charge on any atom is -0.490 e. The van der Waals surface area contributed by atoms with Crippen molar-refractivity contribution in [3.8, 4) is 5.75 Å². The molecule has 2 aliphatic heterocycles. The number of carboxylic acids is 1. The SMILES string of the molecule is COC1/C=C/CCN(C)C(=O)C[C@@](O)(C(=O)O)c2ccc3c(c2)N(C[C@@H]2CC[C@@H]12)C[C@@]1(CCCc2cc(Cl)ccc21)CO3. The van der Waals surface area contributed by atoms with Crippen LogP contribution in [0.15, 0.2) is 48.6 Å². The number of anilines is 1. The van der Waals surface area contributed by atoms with Crippen LogP contribution >= 0.6 is 11.6 Å². The number of methoxy groups -OCH3 is 1. The van der Waals surface area contributed by atoms with Crippen LogP contribution in [0.2, 0.25) is 5.02 Å². The highest BCUT2D eigenvalue weighted by Crippen LogP contribution is 2.47. The van der Waals surface area contributed by atoms with Gasteiger partial charge in [0.2, 0.25) is 5.91 Å². The van der Waals surface area contributed by atoms with Crippen LogP contribution in [0.25, 0.3) is 0 Å². The maximum absolute atomic E-state index is 13.2. The van der Waals surface area contributed by atoms with Crippen molar-refractivity contribution in [2.24, 2.45) is 11.8 Å². The molecule has 2 aromatic rings. The minimum absolute atomic E-state index is 0.0229. The van der Waals surface area contributed by atoms with E-state index in [-0.39, 0.29) is 17.1 Å². The first kappa shape index (κ1) is 30.0. The monoisotopic (exact) mass is 608 g/mol. The number of ether oxygens (including phenoxy) is 2. The number of aryl methyl sites for hydroxylation is 1. The van der Waals surface area contributed by atoms with E-state index in [0.717, 1.165) is 49.4 Å². The van der Waals surface area contributed by atoms with Gasteiger partial charge in [-0.15, -0.1) is 0 Å². The molecule has 2 heterocycles. The Balaban J connectivity index is 1.46. The molecule has 4 aliphatic rings. The maximum Gasteiger partial charge on any atom is 0.340 e. The van der Waals surface area contributed by atoms with E-state index in [1.54, 1.807) is 32.4 Å². The van der Waals surface area contributed by atoms with Crippen molar-refractivity contribution in [1.82, 2.24) is 4.90 Å². The third-order valence-electron chi connectivity index (χ3n) is 10.3. The quantitative estimate of drug-likeness (QED) is 0.466. The first-order chi connectivity index (χ1) is 20.6. The second-order valence-corrected chi connectivity index (χ2v) is 13.3. The first-order valence-corrected chi connectivity index (χ1v) is 15.7. The van der Waals surface area contributed by atoms with E-state index in [0.29, 0.717) is 43.7 Å². The Morgan fingerprint density at radius 2 is 2.02 bits per heavy atom. The standard InChI is InChI=1S/C34H41ClN2O6/c1-36-15-4-3-7-29(42-2)26-11-8-23(26)19-37-20-33(14-5-6-22-16-25(35)10-12-27(22)33)21-43-30-13-9-24(17-28(30)37)34(41,32(39)40)18-31(36)38/h3,7,9-10,12-13,16-17,23,26,29,41H,4-6,8,11,14-15,18-21H2,1-2H3,(H,39,40)/b7-3+/t23-,26+,29?,33-,34-/m0/s1. The average molecular weight is 609 g/mol. The van der Waals surface area contributed by atoms with Gasteiger partial charge in [0.1, 0.15) is 5.75 Å². The van der Waals surface area contributed by atoms with Crippen molar-refractivity contribution in [2.45, 2.75) is 62.1 Å². The molecule has 1 saturated carbocycles. The molecular formula is C34H41ClN2O6. The molecule has 2 aliphatic carbocycles. The lowest BCUT2D eigenvalue weighted by atomic mass is 9.68. The Morgan fingerprint density at radius 3 is 2.77 bits per heavy atom. The van der Waals surface area contributed by atoms with Crippen LogP contribution < -0.4 is 9.64 Å². The van der Waals surface area contributed by atoms with Crippen LogP contribution in [-0.2, 0) is 31.8 Å². The summed E-state index contributed by atoms with van der Waals surface area (Å²) in [4.78, 5) is 29.5. The number of aliphatic carboxylic acids is 1. The molecule has 5 atom stereocenters. The fraction of sp³-hybridized carbons (Fsp3) is 0.529. The van der Waals surface area contributed by atoms with Crippen LogP contribution in [-0.4, -0.2) is 73.5 Å². The summed E-state index contributed by atoms with van der Waals surface area (Å²) in [7, 11) is 3.39. The van der Waals surface area contributed by atoms with Gasteiger partial charge < -0.3 is 29.5 Å². The number of aliphatic hydroxyl groups is 1. The second-order valence-electron chi connectivity index (χ2n) is 12.9. The highest BCUT2D eigenvalue weighted by atomic mass is 35.5. The van der Waals surface area contributed by atoms with Crippen molar-refractivity contribution >= 4 is 29.2 Å². The molecule has 1 fully saturated rings. The summed E-state index contributed by atoms with van der Waals surface area (Å²) >= 11 is 6.41. The van der Waals surface area contributed by atoms with Gasteiger partial charge in [-0.2, -0.15) is 0 Å². The number of nitrogens with zero attached hydrogens (tertiary/aromatic N) is 2. The Kier molecular flexibility index (Phi) is 8.22. The van der Waals surface area contributed by atoms with Crippen molar-refractivity contribution in [2.75, 3.05) is 45.3 Å². The summed E-state index contributed by atoms with van der Waals surface area (Å²) in [5.74, 6) is -0.531. The average Bonchev–Trinajstić information content (AvgIpc) is 3.12. The van der Waals surface area contributed by atoms with E-state index in [1.807, 2.05) is 12.1 Å². The number of amides is 1. The maximum atomic E-state index is 13.2. The van der Waals surface area contributed by atoms with Gasteiger partial charge >= 0.3 is 5.97 Å². The molecule has 0 saturated heterocycles. The molecule has 0 aromatic heterocycles. The van der Waals surface area contributed by atoms with Gasteiger partial charge in [-0.05, 0) is 91.3 Å². The van der Waals surface area contributed by atoms with E-state index in [9.17, 15) is 19.8 Å². The molecule has 43 heavy (non-hydrogen) atoms. The third-order valence-corrected chi connectivity index (χ3v) is 10.5. The van der Waals surface area contributed by atoms with Gasteiger partial charge in [-0.25, -0.2) is 4.79 Å². The lowest BCUT2D eigenvalue weighted by molar-refractivity contribution is -0.164. The molecule has 8 nitrogen and oxygen atoms in total. The summed E-state index contributed by atoms with van der Waals surface area (Å²) < 4.78 is 12.5. The van der Waals surface area contributed by atoms with Crippen LogP contribution in [0.4, 0.5) is 5.69 Å². The van der Waals surface area contributed by atoms with Gasteiger partial charge in [-0.1, -0.05) is 35.9 Å². The number of fused-ring (bicyclic) bond motifs is 4. The molecule has 2 N–H and O–H groups in total. The normalized spacial score (nSPS) is 31.7. The Labute approximate surface area is 258 Å². The Morgan fingerprint density at radius 1 is 1.19 bits per heavy atom. The number of carbonyl (C=O) groups is 2. The van der Waals surface area contributed by atoms with Gasteiger partial charge in [-0.3, -0.25) is 4.79 Å². The van der Waals surface area contributed by atoms with E-state index >= 15 is 0 Å². The van der Waals surface area contributed by atoms with Crippen molar-refractivity contribution in [3.63, 3.8) is 0 Å². The van der Waals surface area contributed by atoms with Crippen LogP contribution in [0.5, 0.6) is 5.75 Å². The van der Waals surface area contributed by atoms with E-state index in [2.05, 4.69) is 23.1 Å². The lowest BCUT2D eigenvalue weighted by Crippen LogP contribution is -2.49.